The number of pyridine rings is 1. The van der Waals surface area contributed by atoms with Crippen molar-refractivity contribution in [2.24, 2.45) is 10.1 Å². The molecule has 29 heavy (non-hydrogen) atoms. The highest BCUT2D eigenvalue weighted by molar-refractivity contribution is 7.91. The van der Waals surface area contributed by atoms with Crippen LogP contribution in [-0.2, 0) is 10.2 Å². The van der Waals surface area contributed by atoms with E-state index in [1.54, 1.807) is 44.2 Å². The monoisotopic (exact) mass is 419 g/mol. The van der Waals surface area contributed by atoms with Crippen molar-refractivity contribution in [3.05, 3.63) is 47.7 Å². The van der Waals surface area contributed by atoms with Gasteiger partial charge in [0.2, 0.25) is 5.88 Å². The lowest BCUT2D eigenvalue weighted by Gasteiger charge is -2.28. The summed E-state index contributed by atoms with van der Waals surface area (Å²) in [5.74, 6) is 0.0197. The highest BCUT2D eigenvalue weighted by Crippen LogP contribution is 2.31. The number of nitrogens with one attached hydrogen (secondary N) is 2. The van der Waals surface area contributed by atoms with E-state index < -0.39 is 15.7 Å². The first-order valence-corrected chi connectivity index (χ1v) is 10.0. The van der Waals surface area contributed by atoms with Crippen LogP contribution in [0.25, 0.3) is 0 Å². The Morgan fingerprint density at radius 3 is 2.76 bits per heavy atom. The maximum atomic E-state index is 12.6. The number of hydrogen-bond donors (Lipinski definition) is 3. The van der Waals surface area contributed by atoms with Gasteiger partial charge in [0.05, 0.1) is 23.9 Å². The first-order valence-electron chi connectivity index (χ1n) is 8.58. The maximum Gasteiger partial charge on any atom is 0.344 e. The summed E-state index contributed by atoms with van der Waals surface area (Å²) in [6.45, 7) is 3.64. The molecule has 2 aromatic rings. The van der Waals surface area contributed by atoms with Gasteiger partial charge < -0.3 is 20.5 Å². The number of benzene rings is 1. The number of carbonyl (C=O) groups is 1. The number of amidine groups is 1. The number of aromatic nitrogens is 1. The quantitative estimate of drug-likeness (QED) is 0.634. The standard InChI is InChI=1S/C18H21N5O5S/c1-18(2,21-16(24)11-6-5-9-20-17(11)27-3)10-28-13-8-4-7-12-14(13)15(19)23-29(25,26)22-12/h4-9,22H,10H2,1-3H3,(H2,19,23)(H,21,24). The van der Waals surface area contributed by atoms with Crippen LogP contribution in [0.4, 0.5) is 5.69 Å². The molecule has 0 spiro atoms. The van der Waals surface area contributed by atoms with Crippen LogP contribution >= 0.6 is 0 Å². The molecule has 0 bridgehead atoms. The summed E-state index contributed by atoms with van der Waals surface area (Å²) in [5, 5.41) is 2.86. The Labute approximate surface area is 168 Å². The second kappa shape index (κ2) is 7.59. The fourth-order valence-electron chi connectivity index (χ4n) is 2.73. The van der Waals surface area contributed by atoms with Gasteiger partial charge in [-0.3, -0.25) is 9.52 Å². The first kappa shape index (κ1) is 20.4. The largest absolute Gasteiger partial charge is 0.490 e. The molecular weight excluding hydrogens is 398 g/mol. The number of rotatable bonds is 6. The summed E-state index contributed by atoms with van der Waals surface area (Å²) in [4.78, 5) is 16.6. The number of nitrogens with zero attached hydrogens (tertiary/aromatic N) is 2. The normalized spacial score (nSPS) is 14.8. The first-order chi connectivity index (χ1) is 13.6. The molecule has 1 aliphatic rings. The lowest BCUT2D eigenvalue weighted by Crippen LogP contribution is -2.48. The van der Waals surface area contributed by atoms with Gasteiger partial charge >= 0.3 is 10.2 Å². The number of carbonyl (C=O) groups excluding carboxylic acids is 1. The predicted octanol–water partition coefficient (Wildman–Crippen LogP) is 1.05. The van der Waals surface area contributed by atoms with Crippen molar-refractivity contribution in [2.75, 3.05) is 18.4 Å². The molecule has 0 radical (unpaired) electrons. The summed E-state index contributed by atoms with van der Waals surface area (Å²) in [7, 11) is -2.44. The zero-order chi connectivity index (χ0) is 21.2. The molecule has 4 N–H and O–H groups in total. The minimum absolute atomic E-state index is 0.0812. The molecule has 0 atom stereocenters. The average Bonchev–Trinajstić information content (AvgIpc) is 2.64. The zero-order valence-electron chi connectivity index (χ0n) is 16.1. The van der Waals surface area contributed by atoms with E-state index >= 15 is 0 Å². The fourth-order valence-corrected chi connectivity index (χ4v) is 3.58. The van der Waals surface area contributed by atoms with Crippen LogP contribution in [-0.4, -0.2) is 44.4 Å². The van der Waals surface area contributed by atoms with Crippen LogP contribution in [0.3, 0.4) is 0 Å². The van der Waals surface area contributed by atoms with Gasteiger partial charge in [-0.05, 0) is 38.1 Å². The van der Waals surface area contributed by atoms with Crippen LogP contribution < -0.4 is 25.2 Å². The number of hydrogen-bond acceptors (Lipinski definition) is 7. The molecule has 0 fully saturated rings. The summed E-state index contributed by atoms with van der Waals surface area (Å²) < 4.78 is 40.1. The lowest BCUT2D eigenvalue weighted by atomic mass is 10.1. The Morgan fingerprint density at radius 2 is 2.03 bits per heavy atom. The van der Waals surface area contributed by atoms with Gasteiger partial charge in [-0.1, -0.05) is 6.07 Å². The van der Waals surface area contributed by atoms with Gasteiger partial charge in [0.25, 0.3) is 5.91 Å². The van der Waals surface area contributed by atoms with Crippen molar-refractivity contribution in [3.63, 3.8) is 0 Å². The van der Waals surface area contributed by atoms with Crippen LogP contribution in [0.2, 0.25) is 0 Å². The molecule has 1 amide bonds. The molecule has 0 aliphatic carbocycles. The van der Waals surface area contributed by atoms with Gasteiger partial charge in [-0.25, -0.2) is 4.98 Å². The number of ether oxygens (including phenoxy) is 2. The molecule has 11 heteroatoms. The Hall–Kier alpha value is -3.34. The molecular formula is C18H21N5O5S. The second-order valence-corrected chi connectivity index (χ2v) is 8.26. The average molecular weight is 419 g/mol. The Kier molecular flexibility index (Phi) is 5.33. The summed E-state index contributed by atoms with van der Waals surface area (Å²) in [6, 6.07) is 8.07. The molecule has 1 aromatic heterocycles. The summed E-state index contributed by atoms with van der Waals surface area (Å²) in [6.07, 6.45) is 1.53. The Balaban J connectivity index is 1.76. The highest BCUT2D eigenvalue weighted by atomic mass is 32.2. The molecule has 1 aliphatic heterocycles. The van der Waals surface area contributed by atoms with Gasteiger partial charge in [0.1, 0.15) is 17.9 Å². The van der Waals surface area contributed by atoms with Gasteiger partial charge in [0.15, 0.2) is 5.84 Å². The van der Waals surface area contributed by atoms with Gasteiger partial charge in [-0.2, -0.15) is 8.42 Å². The third kappa shape index (κ3) is 4.57. The fraction of sp³-hybridized carbons (Fsp3) is 0.278. The second-order valence-electron chi connectivity index (χ2n) is 6.92. The molecule has 1 aromatic carbocycles. The Morgan fingerprint density at radius 1 is 1.28 bits per heavy atom. The van der Waals surface area contributed by atoms with Gasteiger partial charge in [-0.15, -0.1) is 4.40 Å². The number of anilines is 1. The van der Waals surface area contributed by atoms with Crippen LogP contribution in [0.1, 0.15) is 29.8 Å². The van der Waals surface area contributed by atoms with Crippen molar-refractivity contribution >= 4 is 27.6 Å². The Bertz CT molecular complexity index is 1080. The third-order valence-electron chi connectivity index (χ3n) is 3.99. The van der Waals surface area contributed by atoms with Crippen molar-refractivity contribution < 1.29 is 22.7 Å². The zero-order valence-corrected chi connectivity index (χ0v) is 16.9. The smallest absolute Gasteiger partial charge is 0.344 e. The van der Waals surface area contributed by atoms with Crippen molar-refractivity contribution in [2.45, 2.75) is 19.4 Å². The third-order valence-corrected chi connectivity index (χ3v) is 4.90. The number of fused-ring (bicyclic) bond motifs is 1. The van der Waals surface area contributed by atoms with E-state index in [2.05, 4.69) is 19.4 Å². The molecule has 3 rings (SSSR count). The van der Waals surface area contributed by atoms with E-state index in [9.17, 15) is 13.2 Å². The van der Waals surface area contributed by atoms with E-state index in [-0.39, 0.29) is 29.9 Å². The van der Waals surface area contributed by atoms with Crippen LogP contribution in [0.5, 0.6) is 11.6 Å². The highest BCUT2D eigenvalue weighted by Gasteiger charge is 2.27. The van der Waals surface area contributed by atoms with Crippen LogP contribution in [0, 0.1) is 0 Å². The molecule has 0 saturated carbocycles. The minimum atomic E-state index is -3.88. The lowest BCUT2D eigenvalue weighted by molar-refractivity contribution is 0.0877. The van der Waals surface area contributed by atoms with E-state index in [1.807, 2.05) is 0 Å². The molecule has 2 heterocycles. The van der Waals surface area contributed by atoms with Gasteiger partial charge in [0, 0.05) is 6.20 Å². The minimum Gasteiger partial charge on any atom is -0.490 e. The van der Waals surface area contributed by atoms with E-state index in [0.717, 1.165) is 0 Å². The van der Waals surface area contributed by atoms with Crippen molar-refractivity contribution in [1.82, 2.24) is 10.3 Å². The molecule has 10 nitrogen and oxygen atoms in total. The van der Waals surface area contributed by atoms with Crippen molar-refractivity contribution in [1.29, 1.82) is 0 Å². The van der Waals surface area contributed by atoms with E-state index in [4.69, 9.17) is 15.2 Å². The maximum absolute atomic E-state index is 12.6. The van der Waals surface area contributed by atoms with E-state index in [0.29, 0.717) is 16.9 Å². The molecule has 154 valence electrons. The molecule has 0 unspecified atom stereocenters. The van der Waals surface area contributed by atoms with Crippen molar-refractivity contribution in [3.8, 4) is 11.6 Å². The number of nitrogens with two attached hydrogens (primary N) is 1. The number of methoxy groups -OCH3 is 1. The summed E-state index contributed by atoms with van der Waals surface area (Å²) in [5.41, 5.74) is 5.95. The van der Waals surface area contributed by atoms with E-state index in [1.165, 1.54) is 13.3 Å². The SMILES string of the molecule is COc1ncccc1C(=O)NC(C)(C)COc1cccc2c1C(N)=NS(=O)(=O)N2. The topological polar surface area (TPSA) is 145 Å². The van der Waals surface area contributed by atoms with Crippen LogP contribution in [0.15, 0.2) is 40.9 Å². The molecule has 0 saturated heterocycles. The predicted molar refractivity (Wildman–Crippen MR) is 108 cm³/mol. The summed E-state index contributed by atoms with van der Waals surface area (Å²) >= 11 is 0. The number of amides is 1.